The zero-order valence-corrected chi connectivity index (χ0v) is 8.44. The summed E-state index contributed by atoms with van der Waals surface area (Å²) in [7, 11) is 0. The van der Waals surface area contributed by atoms with Crippen molar-refractivity contribution >= 4 is 11.4 Å². The number of benzene rings is 2. The van der Waals surface area contributed by atoms with Crippen LogP contribution in [0.5, 0.6) is 5.75 Å². The normalized spacial score (nSPS) is 9.44. The number of hydrogen-bond acceptors (Lipinski definition) is 3. The van der Waals surface area contributed by atoms with Gasteiger partial charge in [-0.1, -0.05) is 18.2 Å². The van der Waals surface area contributed by atoms with Gasteiger partial charge in [0, 0.05) is 11.8 Å². The molecule has 3 nitrogen and oxygen atoms in total. The van der Waals surface area contributed by atoms with Gasteiger partial charge in [0.05, 0.1) is 17.3 Å². The molecule has 3 heteroatoms. The Balaban J connectivity index is 2.27. The summed E-state index contributed by atoms with van der Waals surface area (Å²) in [5.74, 6) is 0.0521. The van der Waals surface area contributed by atoms with Crippen LogP contribution in [-0.4, -0.2) is 5.11 Å². The molecule has 0 bridgehead atoms. The Morgan fingerprint density at radius 2 is 2.12 bits per heavy atom. The fourth-order valence-corrected chi connectivity index (χ4v) is 1.32. The third-order valence-corrected chi connectivity index (χ3v) is 2.11. The molecule has 0 saturated heterocycles. The first kappa shape index (κ1) is 10.1. The zero-order valence-electron chi connectivity index (χ0n) is 8.44. The Labute approximate surface area is 93.6 Å². The molecule has 0 aliphatic carbocycles. The van der Waals surface area contributed by atoms with E-state index in [-0.39, 0.29) is 5.75 Å². The van der Waals surface area contributed by atoms with Gasteiger partial charge in [-0.05, 0) is 24.3 Å². The Bertz CT molecular complexity index is 529. The molecule has 0 amide bonds. The molecule has 77 valence electrons. The summed E-state index contributed by atoms with van der Waals surface area (Å²) < 4.78 is 0. The minimum atomic E-state index is 0.0521. The van der Waals surface area contributed by atoms with Crippen molar-refractivity contribution in [3.05, 3.63) is 54.1 Å². The number of phenols is 1. The van der Waals surface area contributed by atoms with E-state index in [1.165, 1.54) is 6.07 Å². The van der Waals surface area contributed by atoms with Crippen molar-refractivity contribution < 1.29 is 5.11 Å². The van der Waals surface area contributed by atoms with Crippen LogP contribution >= 0.6 is 0 Å². The average molecular weight is 209 g/mol. The van der Waals surface area contributed by atoms with Gasteiger partial charge in [0.15, 0.2) is 0 Å². The highest BCUT2D eigenvalue weighted by molar-refractivity contribution is 5.66. The van der Waals surface area contributed by atoms with Gasteiger partial charge in [0.1, 0.15) is 5.75 Å². The van der Waals surface area contributed by atoms with E-state index in [1.54, 1.807) is 18.2 Å². The van der Waals surface area contributed by atoms with Crippen LogP contribution in [0, 0.1) is 17.4 Å². The maximum absolute atomic E-state index is 9.66. The van der Waals surface area contributed by atoms with E-state index in [2.05, 4.69) is 11.4 Å². The number of phenolic OH excluding ortho intramolecular Hbond substituents is 1. The van der Waals surface area contributed by atoms with Crippen LogP contribution in [0.25, 0.3) is 0 Å². The van der Waals surface area contributed by atoms with Gasteiger partial charge in [0.2, 0.25) is 0 Å². The molecule has 0 aliphatic rings. The van der Waals surface area contributed by atoms with E-state index < -0.39 is 0 Å². The second-order valence-corrected chi connectivity index (χ2v) is 3.24. The number of hydrogen-bond donors (Lipinski definition) is 2. The van der Waals surface area contributed by atoms with Crippen molar-refractivity contribution in [1.82, 2.24) is 0 Å². The zero-order chi connectivity index (χ0) is 11.4. The lowest BCUT2D eigenvalue weighted by molar-refractivity contribution is 0.477. The highest BCUT2D eigenvalue weighted by atomic mass is 16.3. The van der Waals surface area contributed by atoms with Crippen molar-refractivity contribution in [1.29, 1.82) is 5.26 Å². The molecule has 0 aromatic heterocycles. The molecule has 2 rings (SSSR count). The van der Waals surface area contributed by atoms with E-state index in [0.29, 0.717) is 11.3 Å². The molecule has 0 heterocycles. The number of rotatable bonds is 2. The molecule has 1 radical (unpaired) electrons. The van der Waals surface area contributed by atoms with Gasteiger partial charge in [-0.25, -0.2) is 0 Å². The minimum absolute atomic E-state index is 0.0521. The maximum Gasteiger partial charge on any atom is 0.140 e. The molecular formula is C13H9N2O. The summed E-state index contributed by atoms with van der Waals surface area (Å²) in [5.41, 5.74) is 1.75. The van der Waals surface area contributed by atoms with Crippen LogP contribution in [0.1, 0.15) is 5.56 Å². The van der Waals surface area contributed by atoms with E-state index in [4.69, 9.17) is 5.26 Å². The highest BCUT2D eigenvalue weighted by Gasteiger charge is 2.02. The maximum atomic E-state index is 9.66. The topological polar surface area (TPSA) is 56.0 Å². The fourth-order valence-electron chi connectivity index (χ4n) is 1.32. The molecule has 2 N–H and O–H groups in total. The third kappa shape index (κ3) is 2.12. The summed E-state index contributed by atoms with van der Waals surface area (Å²) in [6, 6.07) is 17.0. The van der Waals surface area contributed by atoms with Crippen molar-refractivity contribution in [3.8, 4) is 11.8 Å². The fraction of sp³-hybridized carbons (Fsp3) is 0. The largest absolute Gasteiger partial charge is 0.506 e. The van der Waals surface area contributed by atoms with Gasteiger partial charge < -0.3 is 10.4 Å². The Hall–Kier alpha value is -2.47. The summed E-state index contributed by atoms with van der Waals surface area (Å²) in [5, 5.41) is 21.3. The Morgan fingerprint density at radius 3 is 2.75 bits per heavy atom. The van der Waals surface area contributed by atoms with Crippen LogP contribution in [0.15, 0.2) is 42.5 Å². The molecule has 0 spiro atoms. The first-order valence-electron chi connectivity index (χ1n) is 4.76. The van der Waals surface area contributed by atoms with Crippen molar-refractivity contribution in [2.24, 2.45) is 0 Å². The first-order chi connectivity index (χ1) is 7.79. The molecule has 0 unspecified atom stereocenters. The SMILES string of the molecule is N#Cc1ccc(Nc2[c]cccc2)c(O)c1. The van der Waals surface area contributed by atoms with Gasteiger partial charge in [-0.3, -0.25) is 0 Å². The number of nitrogens with zero attached hydrogens (tertiary/aromatic N) is 1. The second-order valence-electron chi connectivity index (χ2n) is 3.24. The molecule has 0 aliphatic heterocycles. The van der Waals surface area contributed by atoms with Gasteiger partial charge >= 0.3 is 0 Å². The number of anilines is 2. The lowest BCUT2D eigenvalue weighted by atomic mass is 10.2. The second kappa shape index (κ2) is 4.37. The van der Waals surface area contributed by atoms with Crippen molar-refractivity contribution in [3.63, 3.8) is 0 Å². The monoisotopic (exact) mass is 209 g/mol. The molecule has 0 saturated carbocycles. The number of nitriles is 1. The number of para-hydroxylation sites is 1. The van der Waals surface area contributed by atoms with Crippen molar-refractivity contribution in [2.75, 3.05) is 5.32 Å². The molecule has 16 heavy (non-hydrogen) atoms. The summed E-state index contributed by atoms with van der Waals surface area (Å²) in [6.07, 6.45) is 0. The molecule has 0 fully saturated rings. The highest BCUT2D eigenvalue weighted by Crippen LogP contribution is 2.26. The standard InChI is InChI=1S/C13H9N2O/c14-9-10-6-7-12(13(16)8-10)15-11-4-2-1-3-5-11/h1-4,6-8,15-16H. The van der Waals surface area contributed by atoms with Crippen LogP contribution < -0.4 is 5.32 Å². The van der Waals surface area contributed by atoms with Gasteiger partial charge in [-0.2, -0.15) is 5.26 Å². The van der Waals surface area contributed by atoms with Crippen molar-refractivity contribution in [2.45, 2.75) is 0 Å². The molecular weight excluding hydrogens is 200 g/mol. The Kier molecular flexibility index (Phi) is 2.75. The summed E-state index contributed by atoms with van der Waals surface area (Å²) >= 11 is 0. The molecule has 2 aromatic carbocycles. The molecule has 0 atom stereocenters. The van der Waals surface area contributed by atoms with Crippen LogP contribution in [0.3, 0.4) is 0 Å². The minimum Gasteiger partial charge on any atom is -0.506 e. The van der Waals surface area contributed by atoms with Crippen LogP contribution in [0.2, 0.25) is 0 Å². The van der Waals surface area contributed by atoms with E-state index in [0.717, 1.165) is 5.69 Å². The number of aromatic hydroxyl groups is 1. The summed E-state index contributed by atoms with van der Waals surface area (Å²) in [4.78, 5) is 0. The smallest absolute Gasteiger partial charge is 0.140 e. The molecule has 2 aromatic rings. The third-order valence-electron chi connectivity index (χ3n) is 2.11. The average Bonchev–Trinajstić information content (AvgIpc) is 2.33. The summed E-state index contributed by atoms with van der Waals surface area (Å²) in [6.45, 7) is 0. The Morgan fingerprint density at radius 1 is 1.25 bits per heavy atom. The van der Waals surface area contributed by atoms with Gasteiger partial charge in [0.25, 0.3) is 0 Å². The van der Waals surface area contributed by atoms with E-state index in [9.17, 15) is 5.11 Å². The van der Waals surface area contributed by atoms with Crippen LogP contribution in [-0.2, 0) is 0 Å². The quantitative estimate of drug-likeness (QED) is 0.748. The van der Waals surface area contributed by atoms with E-state index in [1.807, 2.05) is 24.3 Å². The lowest BCUT2D eigenvalue weighted by Gasteiger charge is -2.07. The van der Waals surface area contributed by atoms with Crippen LogP contribution in [0.4, 0.5) is 11.4 Å². The predicted octanol–water partition coefficient (Wildman–Crippen LogP) is 2.81. The van der Waals surface area contributed by atoms with E-state index >= 15 is 0 Å². The van der Waals surface area contributed by atoms with Gasteiger partial charge in [-0.15, -0.1) is 0 Å². The predicted molar refractivity (Wildman–Crippen MR) is 61.4 cm³/mol. The lowest BCUT2D eigenvalue weighted by Crippen LogP contribution is -1.90. The first-order valence-corrected chi connectivity index (χ1v) is 4.76. The number of nitrogens with one attached hydrogen (secondary N) is 1.